The van der Waals surface area contributed by atoms with Crippen molar-refractivity contribution in [3.8, 4) is 0 Å². The van der Waals surface area contributed by atoms with Crippen LogP contribution >= 0.6 is 0 Å². The van der Waals surface area contributed by atoms with Crippen LogP contribution in [0.1, 0.15) is 32.6 Å². The smallest absolute Gasteiger partial charge is 0.306 e. The largest absolute Gasteiger partial charge is 0.550 e. The minimum absolute atomic E-state index is 0.0136. The SMILES string of the molecule is CCOC(=O)CCC(=O)CCC(=O)[O-]. The van der Waals surface area contributed by atoms with Crippen LogP contribution < -0.4 is 5.11 Å². The predicted octanol–water partition coefficient (Wildman–Crippen LogP) is -0.571. The number of Topliss-reactive ketones (excluding diaryl/α,β-unsaturated/α-hetero) is 1. The zero-order valence-electron chi connectivity index (χ0n) is 8.08. The van der Waals surface area contributed by atoms with E-state index >= 15 is 0 Å². The molecule has 14 heavy (non-hydrogen) atoms. The second-order valence-corrected chi connectivity index (χ2v) is 2.72. The Morgan fingerprint density at radius 1 is 1.07 bits per heavy atom. The lowest BCUT2D eigenvalue weighted by Gasteiger charge is -2.02. The summed E-state index contributed by atoms with van der Waals surface area (Å²) in [6.45, 7) is 1.96. The summed E-state index contributed by atoms with van der Waals surface area (Å²) in [5, 5.41) is 9.99. The molecule has 5 nitrogen and oxygen atoms in total. The van der Waals surface area contributed by atoms with Gasteiger partial charge in [-0.2, -0.15) is 0 Å². The summed E-state index contributed by atoms with van der Waals surface area (Å²) in [5.74, 6) is -1.95. The number of carbonyl (C=O) groups excluding carboxylic acids is 3. The van der Waals surface area contributed by atoms with Crippen molar-refractivity contribution >= 4 is 17.7 Å². The minimum atomic E-state index is -1.26. The standard InChI is InChI=1S/C9H14O5/c1-2-14-9(13)6-4-7(10)3-5-8(11)12/h2-6H2,1H3,(H,11,12)/p-1. The topological polar surface area (TPSA) is 83.5 Å². The number of carbonyl (C=O) groups is 3. The van der Waals surface area contributed by atoms with E-state index in [0.717, 1.165) is 0 Å². The summed E-state index contributed by atoms with van der Waals surface area (Å²) >= 11 is 0. The summed E-state index contributed by atoms with van der Waals surface area (Å²) in [5.41, 5.74) is 0. The Hall–Kier alpha value is -1.39. The maximum Gasteiger partial charge on any atom is 0.306 e. The van der Waals surface area contributed by atoms with Gasteiger partial charge in [-0.15, -0.1) is 0 Å². The second-order valence-electron chi connectivity index (χ2n) is 2.72. The van der Waals surface area contributed by atoms with E-state index in [9.17, 15) is 19.5 Å². The van der Waals surface area contributed by atoms with Gasteiger partial charge in [0.2, 0.25) is 0 Å². The van der Waals surface area contributed by atoms with Crippen molar-refractivity contribution in [1.82, 2.24) is 0 Å². The van der Waals surface area contributed by atoms with Gasteiger partial charge < -0.3 is 14.6 Å². The molecule has 0 aromatic rings. The highest BCUT2D eigenvalue weighted by Crippen LogP contribution is 1.99. The number of carboxylic acid groups (broad SMARTS) is 1. The number of carboxylic acids is 1. The van der Waals surface area contributed by atoms with Crippen LogP contribution in [0.5, 0.6) is 0 Å². The third-order valence-corrected chi connectivity index (χ3v) is 1.52. The first-order valence-electron chi connectivity index (χ1n) is 4.43. The van der Waals surface area contributed by atoms with Crippen molar-refractivity contribution in [2.75, 3.05) is 6.61 Å². The van der Waals surface area contributed by atoms with Gasteiger partial charge in [0.25, 0.3) is 0 Å². The van der Waals surface area contributed by atoms with Crippen molar-refractivity contribution in [3.63, 3.8) is 0 Å². The fourth-order valence-corrected chi connectivity index (χ4v) is 0.841. The highest BCUT2D eigenvalue weighted by molar-refractivity contribution is 5.85. The lowest BCUT2D eigenvalue weighted by Crippen LogP contribution is -2.22. The van der Waals surface area contributed by atoms with Crippen molar-refractivity contribution < 1.29 is 24.2 Å². The quantitative estimate of drug-likeness (QED) is 0.515. The minimum Gasteiger partial charge on any atom is -0.550 e. The first-order chi connectivity index (χ1) is 6.56. The third-order valence-electron chi connectivity index (χ3n) is 1.52. The Balaban J connectivity index is 3.53. The van der Waals surface area contributed by atoms with E-state index in [-0.39, 0.29) is 38.1 Å². The van der Waals surface area contributed by atoms with Gasteiger partial charge in [0, 0.05) is 18.8 Å². The van der Waals surface area contributed by atoms with Crippen molar-refractivity contribution in [1.29, 1.82) is 0 Å². The number of esters is 1. The maximum absolute atomic E-state index is 11.0. The molecule has 0 aromatic carbocycles. The zero-order chi connectivity index (χ0) is 11.0. The number of aliphatic carboxylic acids is 1. The number of hydrogen-bond donors (Lipinski definition) is 0. The molecular formula is C9H13O5-. The molecule has 0 aromatic heterocycles. The second kappa shape index (κ2) is 7.06. The van der Waals surface area contributed by atoms with Gasteiger partial charge in [0.05, 0.1) is 13.0 Å². The molecule has 0 radical (unpaired) electrons. The number of ether oxygens (including phenoxy) is 1. The van der Waals surface area contributed by atoms with Gasteiger partial charge in [-0.1, -0.05) is 0 Å². The molecule has 0 amide bonds. The lowest BCUT2D eigenvalue weighted by atomic mass is 10.1. The van der Waals surface area contributed by atoms with E-state index in [1.165, 1.54) is 0 Å². The van der Waals surface area contributed by atoms with Gasteiger partial charge in [-0.05, 0) is 13.3 Å². The Kier molecular flexibility index (Phi) is 6.36. The predicted molar refractivity (Wildman–Crippen MR) is 45.1 cm³/mol. The maximum atomic E-state index is 11.0. The molecule has 0 saturated carbocycles. The molecular weight excluding hydrogens is 188 g/mol. The Bertz CT molecular complexity index is 221. The first-order valence-corrected chi connectivity index (χ1v) is 4.43. The molecule has 0 aliphatic rings. The van der Waals surface area contributed by atoms with Gasteiger partial charge in [0.15, 0.2) is 0 Å². The molecule has 0 fully saturated rings. The number of rotatable bonds is 7. The van der Waals surface area contributed by atoms with E-state index in [4.69, 9.17) is 0 Å². The first kappa shape index (κ1) is 12.6. The van der Waals surface area contributed by atoms with E-state index in [2.05, 4.69) is 4.74 Å². The molecule has 0 aliphatic carbocycles. The normalized spacial score (nSPS) is 9.50. The average molecular weight is 201 g/mol. The van der Waals surface area contributed by atoms with E-state index < -0.39 is 11.9 Å². The third kappa shape index (κ3) is 7.27. The van der Waals surface area contributed by atoms with E-state index in [1.807, 2.05) is 0 Å². The molecule has 5 heteroatoms. The number of hydrogen-bond acceptors (Lipinski definition) is 5. The Morgan fingerprint density at radius 3 is 2.14 bits per heavy atom. The molecule has 0 unspecified atom stereocenters. The fraction of sp³-hybridized carbons (Fsp3) is 0.667. The van der Waals surface area contributed by atoms with Gasteiger partial charge >= 0.3 is 5.97 Å². The molecule has 0 N–H and O–H groups in total. The number of ketones is 1. The van der Waals surface area contributed by atoms with Crippen LogP contribution in [0.15, 0.2) is 0 Å². The van der Waals surface area contributed by atoms with Crippen LogP contribution in [0.25, 0.3) is 0 Å². The Morgan fingerprint density at radius 2 is 1.64 bits per heavy atom. The van der Waals surface area contributed by atoms with Gasteiger partial charge in [0.1, 0.15) is 5.78 Å². The summed E-state index contributed by atoms with van der Waals surface area (Å²) in [6, 6.07) is 0. The lowest BCUT2D eigenvalue weighted by molar-refractivity contribution is -0.305. The molecule has 80 valence electrons. The zero-order valence-corrected chi connectivity index (χ0v) is 8.08. The van der Waals surface area contributed by atoms with E-state index in [1.54, 1.807) is 6.92 Å². The summed E-state index contributed by atoms with van der Waals surface area (Å²) in [6.07, 6.45) is -0.324. The molecule has 0 atom stereocenters. The van der Waals surface area contributed by atoms with Crippen molar-refractivity contribution in [2.45, 2.75) is 32.6 Å². The van der Waals surface area contributed by atoms with Crippen molar-refractivity contribution in [2.24, 2.45) is 0 Å². The van der Waals surface area contributed by atoms with Gasteiger partial charge in [-0.25, -0.2) is 0 Å². The van der Waals surface area contributed by atoms with Crippen LogP contribution in [0, 0.1) is 0 Å². The van der Waals surface area contributed by atoms with Crippen LogP contribution in [-0.2, 0) is 19.1 Å². The van der Waals surface area contributed by atoms with Crippen LogP contribution in [0.2, 0.25) is 0 Å². The molecule has 0 rings (SSSR count). The van der Waals surface area contributed by atoms with Crippen molar-refractivity contribution in [3.05, 3.63) is 0 Å². The fourth-order valence-electron chi connectivity index (χ4n) is 0.841. The Labute approximate surface area is 82.1 Å². The summed E-state index contributed by atoms with van der Waals surface area (Å²) in [7, 11) is 0. The van der Waals surface area contributed by atoms with Gasteiger partial charge in [-0.3, -0.25) is 9.59 Å². The van der Waals surface area contributed by atoms with E-state index in [0.29, 0.717) is 0 Å². The molecule has 0 bridgehead atoms. The monoisotopic (exact) mass is 201 g/mol. The summed E-state index contributed by atoms with van der Waals surface area (Å²) in [4.78, 5) is 31.7. The van der Waals surface area contributed by atoms with Crippen LogP contribution in [0.4, 0.5) is 0 Å². The molecule has 0 heterocycles. The van der Waals surface area contributed by atoms with Crippen LogP contribution in [0.3, 0.4) is 0 Å². The van der Waals surface area contributed by atoms with Crippen LogP contribution in [-0.4, -0.2) is 24.3 Å². The average Bonchev–Trinajstić information content (AvgIpc) is 2.12. The highest BCUT2D eigenvalue weighted by Gasteiger charge is 2.07. The molecule has 0 saturated heterocycles. The summed E-state index contributed by atoms with van der Waals surface area (Å²) < 4.78 is 4.60. The highest BCUT2D eigenvalue weighted by atomic mass is 16.5. The molecule has 0 spiro atoms. The molecule has 0 aliphatic heterocycles.